The highest BCUT2D eigenvalue weighted by molar-refractivity contribution is 7.98. The molecule has 156 valence electrons. The molecule has 0 bridgehead atoms. The maximum Gasteiger partial charge on any atom is 0.255 e. The highest BCUT2D eigenvalue weighted by atomic mass is 32.2. The molecule has 0 aromatic heterocycles. The molecule has 0 aliphatic heterocycles. The van der Waals surface area contributed by atoms with Crippen LogP contribution in [0.3, 0.4) is 0 Å². The second kappa shape index (κ2) is 9.58. The number of carbonyl (C=O) groups excluding carboxylic acids is 1. The normalized spacial score (nSPS) is 10.6. The molecule has 0 aliphatic rings. The van der Waals surface area contributed by atoms with Crippen LogP contribution < -0.4 is 14.8 Å². The van der Waals surface area contributed by atoms with Crippen LogP contribution in [0.1, 0.15) is 15.9 Å². The molecule has 31 heavy (non-hydrogen) atoms. The van der Waals surface area contributed by atoms with Gasteiger partial charge in [0.2, 0.25) is 0 Å². The van der Waals surface area contributed by atoms with Crippen LogP contribution in [0.15, 0.2) is 89.8 Å². The minimum atomic E-state index is -0.170. The molecule has 0 atom stereocenters. The van der Waals surface area contributed by atoms with Crippen molar-refractivity contribution in [1.82, 2.24) is 0 Å². The van der Waals surface area contributed by atoms with E-state index in [2.05, 4.69) is 17.4 Å². The molecule has 1 N–H and O–H groups in total. The van der Waals surface area contributed by atoms with Crippen LogP contribution in [0.25, 0.3) is 10.8 Å². The fourth-order valence-electron chi connectivity index (χ4n) is 3.39. The van der Waals surface area contributed by atoms with Gasteiger partial charge in [0, 0.05) is 16.0 Å². The Morgan fingerprint density at radius 3 is 2.48 bits per heavy atom. The number of hydrogen-bond donors (Lipinski definition) is 1. The van der Waals surface area contributed by atoms with E-state index in [1.165, 1.54) is 0 Å². The molecule has 0 radical (unpaired) electrons. The largest absolute Gasteiger partial charge is 0.496 e. The van der Waals surface area contributed by atoms with E-state index in [1.807, 2.05) is 66.9 Å². The zero-order valence-corrected chi connectivity index (χ0v) is 18.2. The molecule has 5 heteroatoms. The first-order valence-electron chi connectivity index (χ1n) is 9.91. The average Bonchev–Trinajstić information content (AvgIpc) is 2.82. The number of anilines is 1. The summed E-state index contributed by atoms with van der Waals surface area (Å²) in [5.41, 5.74) is 2.15. The highest BCUT2D eigenvalue weighted by Crippen LogP contribution is 2.27. The fraction of sp³-hybridized carbons (Fsp3) is 0.115. The molecule has 0 spiro atoms. The summed E-state index contributed by atoms with van der Waals surface area (Å²) in [5.74, 6) is 1.28. The third-order valence-electron chi connectivity index (χ3n) is 5.01. The van der Waals surface area contributed by atoms with Gasteiger partial charge in [-0.3, -0.25) is 4.79 Å². The van der Waals surface area contributed by atoms with Gasteiger partial charge in [-0.05, 0) is 59.5 Å². The quantitative estimate of drug-likeness (QED) is 0.345. The first-order chi connectivity index (χ1) is 15.2. The SMILES string of the molecule is COc1ccc(C(=O)Nc2ccccc2SC)cc1COc1ccc2ccccc2c1. The third-order valence-corrected chi connectivity index (χ3v) is 5.81. The van der Waals surface area contributed by atoms with Crippen molar-refractivity contribution in [2.45, 2.75) is 11.5 Å². The van der Waals surface area contributed by atoms with Gasteiger partial charge in [-0.25, -0.2) is 0 Å². The summed E-state index contributed by atoms with van der Waals surface area (Å²) in [7, 11) is 1.61. The lowest BCUT2D eigenvalue weighted by atomic mass is 10.1. The Labute approximate surface area is 186 Å². The van der Waals surface area contributed by atoms with Crippen LogP contribution in [0.2, 0.25) is 0 Å². The molecule has 0 fully saturated rings. The van der Waals surface area contributed by atoms with Crippen molar-refractivity contribution in [3.8, 4) is 11.5 Å². The molecule has 4 nitrogen and oxygen atoms in total. The molecule has 0 unspecified atom stereocenters. The molecular formula is C26H23NO3S. The van der Waals surface area contributed by atoms with Crippen LogP contribution in [0.4, 0.5) is 5.69 Å². The van der Waals surface area contributed by atoms with E-state index in [1.54, 1.807) is 31.0 Å². The van der Waals surface area contributed by atoms with Crippen LogP contribution in [0, 0.1) is 0 Å². The molecule has 4 aromatic carbocycles. The number of hydrogen-bond acceptors (Lipinski definition) is 4. The Morgan fingerprint density at radius 1 is 0.903 bits per heavy atom. The molecule has 0 saturated carbocycles. The van der Waals surface area contributed by atoms with Gasteiger partial charge < -0.3 is 14.8 Å². The number of nitrogens with one attached hydrogen (secondary N) is 1. The number of ether oxygens (including phenoxy) is 2. The van der Waals surface area contributed by atoms with Crippen molar-refractivity contribution in [3.63, 3.8) is 0 Å². The van der Waals surface area contributed by atoms with E-state index in [-0.39, 0.29) is 5.91 Å². The maximum absolute atomic E-state index is 12.9. The first-order valence-corrected chi connectivity index (χ1v) is 11.1. The van der Waals surface area contributed by atoms with E-state index in [4.69, 9.17) is 9.47 Å². The minimum absolute atomic E-state index is 0.170. The van der Waals surface area contributed by atoms with Crippen LogP contribution >= 0.6 is 11.8 Å². The van der Waals surface area contributed by atoms with E-state index in [9.17, 15) is 4.79 Å². The molecule has 4 rings (SSSR count). The summed E-state index contributed by atoms with van der Waals surface area (Å²) in [6.07, 6.45) is 1.99. The predicted octanol–water partition coefficient (Wildman–Crippen LogP) is 6.40. The number of benzene rings is 4. The summed E-state index contributed by atoms with van der Waals surface area (Å²) >= 11 is 1.59. The lowest BCUT2D eigenvalue weighted by Crippen LogP contribution is -2.13. The minimum Gasteiger partial charge on any atom is -0.496 e. The van der Waals surface area contributed by atoms with Gasteiger partial charge >= 0.3 is 0 Å². The van der Waals surface area contributed by atoms with E-state index >= 15 is 0 Å². The van der Waals surface area contributed by atoms with Crippen molar-refractivity contribution < 1.29 is 14.3 Å². The number of fused-ring (bicyclic) bond motifs is 1. The highest BCUT2D eigenvalue weighted by Gasteiger charge is 2.13. The van der Waals surface area contributed by atoms with E-state index in [0.29, 0.717) is 17.9 Å². The smallest absolute Gasteiger partial charge is 0.255 e. The van der Waals surface area contributed by atoms with Gasteiger partial charge in [-0.15, -0.1) is 11.8 Å². The van der Waals surface area contributed by atoms with Crippen LogP contribution in [-0.2, 0) is 6.61 Å². The standard InChI is InChI=1S/C26H23NO3S/c1-29-24-14-12-20(26(28)27-23-9-5-6-10-25(23)31-2)15-21(24)17-30-22-13-11-18-7-3-4-8-19(18)16-22/h3-16H,17H2,1-2H3,(H,27,28). The summed E-state index contributed by atoms with van der Waals surface area (Å²) in [6, 6.07) is 27.3. The summed E-state index contributed by atoms with van der Waals surface area (Å²) in [4.78, 5) is 13.9. The number of methoxy groups -OCH3 is 1. The second-order valence-corrected chi connectivity index (χ2v) is 7.83. The van der Waals surface area contributed by atoms with Crippen molar-refractivity contribution >= 4 is 34.1 Å². The Bertz CT molecular complexity index is 1220. The molecule has 0 saturated heterocycles. The predicted molar refractivity (Wildman–Crippen MR) is 127 cm³/mol. The monoisotopic (exact) mass is 429 g/mol. The number of carbonyl (C=O) groups is 1. The lowest BCUT2D eigenvalue weighted by molar-refractivity contribution is 0.102. The molecule has 1 amide bonds. The molecule has 4 aromatic rings. The first kappa shape index (κ1) is 20.8. The Hall–Kier alpha value is -3.44. The Morgan fingerprint density at radius 2 is 1.68 bits per heavy atom. The average molecular weight is 430 g/mol. The third kappa shape index (κ3) is 4.84. The molecular weight excluding hydrogens is 406 g/mol. The van der Waals surface area contributed by atoms with E-state index in [0.717, 1.165) is 32.7 Å². The maximum atomic E-state index is 12.9. The summed E-state index contributed by atoms with van der Waals surface area (Å²) < 4.78 is 11.5. The Balaban J connectivity index is 1.53. The van der Waals surface area contributed by atoms with Crippen LogP contribution in [0.5, 0.6) is 11.5 Å². The van der Waals surface area contributed by atoms with E-state index < -0.39 is 0 Å². The number of rotatable bonds is 7. The van der Waals surface area contributed by atoms with Gasteiger partial charge in [0.25, 0.3) is 5.91 Å². The summed E-state index contributed by atoms with van der Waals surface area (Å²) in [6.45, 7) is 0.296. The number of para-hydroxylation sites is 1. The van der Waals surface area contributed by atoms with Crippen molar-refractivity contribution in [2.75, 3.05) is 18.7 Å². The van der Waals surface area contributed by atoms with Crippen LogP contribution in [-0.4, -0.2) is 19.3 Å². The van der Waals surface area contributed by atoms with Gasteiger partial charge in [0.05, 0.1) is 12.8 Å². The lowest BCUT2D eigenvalue weighted by Gasteiger charge is -2.13. The second-order valence-electron chi connectivity index (χ2n) is 6.98. The van der Waals surface area contributed by atoms with Crippen molar-refractivity contribution in [2.24, 2.45) is 0 Å². The van der Waals surface area contributed by atoms with Gasteiger partial charge in [0.15, 0.2) is 0 Å². The van der Waals surface area contributed by atoms with Crippen molar-refractivity contribution in [1.29, 1.82) is 0 Å². The zero-order chi connectivity index (χ0) is 21.6. The van der Waals surface area contributed by atoms with Gasteiger partial charge in [-0.2, -0.15) is 0 Å². The number of amides is 1. The number of thioether (sulfide) groups is 1. The van der Waals surface area contributed by atoms with Crippen molar-refractivity contribution in [3.05, 3.63) is 96.1 Å². The van der Waals surface area contributed by atoms with Gasteiger partial charge in [0.1, 0.15) is 18.1 Å². The topological polar surface area (TPSA) is 47.6 Å². The fourth-order valence-corrected chi connectivity index (χ4v) is 3.95. The zero-order valence-electron chi connectivity index (χ0n) is 17.4. The Kier molecular flexibility index (Phi) is 6.43. The molecule has 0 heterocycles. The summed E-state index contributed by atoms with van der Waals surface area (Å²) in [5, 5.41) is 5.28. The molecule has 0 aliphatic carbocycles. The van der Waals surface area contributed by atoms with Gasteiger partial charge in [-0.1, -0.05) is 42.5 Å².